The number of aliphatic hydroxyl groups excluding tert-OH is 1. The number of benzene rings is 1. The molecular weight excluding hydrogens is 288 g/mol. The first-order valence-electron chi connectivity index (χ1n) is 7.05. The minimum Gasteiger partial charge on any atom is -0.504 e. The molecule has 0 radical (unpaired) electrons. The van der Waals surface area contributed by atoms with Gasteiger partial charge in [0, 0.05) is 12.7 Å². The van der Waals surface area contributed by atoms with Crippen LogP contribution in [0.2, 0.25) is 0 Å². The van der Waals surface area contributed by atoms with E-state index in [1.807, 2.05) is 6.92 Å². The van der Waals surface area contributed by atoms with Gasteiger partial charge in [-0.2, -0.15) is 0 Å². The van der Waals surface area contributed by atoms with Crippen molar-refractivity contribution in [2.24, 2.45) is 0 Å². The monoisotopic (exact) mass is 310 g/mol. The first-order valence-corrected chi connectivity index (χ1v) is 7.05. The molecule has 0 unspecified atom stereocenters. The molecule has 0 bridgehead atoms. The third kappa shape index (κ3) is 5.38. The SMILES string of the molecule is CCO[C@@H](CC/C=C/C(=O)O)[C@@H](O)c1ccc(OC)c(O)c1. The van der Waals surface area contributed by atoms with E-state index in [4.69, 9.17) is 14.6 Å². The molecule has 0 fully saturated rings. The molecule has 0 saturated carbocycles. The summed E-state index contributed by atoms with van der Waals surface area (Å²) >= 11 is 0. The molecule has 0 spiro atoms. The van der Waals surface area contributed by atoms with Crippen LogP contribution in [0, 0.1) is 0 Å². The molecule has 0 heterocycles. The number of aliphatic carboxylic acids is 1. The molecule has 0 aliphatic rings. The fraction of sp³-hybridized carbons (Fsp3) is 0.438. The van der Waals surface area contributed by atoms with Crippen LogP contribution < -0.4 is 4.74 Å². The van der Waals surface area contributed by atoms with Crippen LogP contribution >= 0.6 is 0 Å². The van der Waals surface area contributed by atoms with E-state index in [0.29, 0.717) is 30.8 Å². The van der Waals surface area contributed by atoms with Crippen LogP contribution in [-0.2, 0) is 9.53 Å². The second kappa shape index (κ2) is 9.07. The smallest absolute Gasteiger partial charge is 0.327 e. The standard InChI is InChI=1S/C16H22O6/c1-3-22-14(6-4-5-7-15(18)19)16(20)11-8-9-13(21-2)12(17)10-11/h5,7-10,14,16-17,20H,3-4,6H2,1-2H3,(H,18,19)/b7-5+/t14-,16-/m0/s1. The molecule has 0 aromatic heterocycles. The molecule has 0 saturated heterocycles. The molecule has 2 atom stereocenters. The predicted molar refractivity (Wildman–Crippen MR) is 81.0 cm³/mol. The molecule has 1 rings (SSSR count). The highest BCUT2D eigenvalue weighted by molar-refractivity contribution is 5.79. The highest BCUT2D eigenvalue weighted by atomic mass is 16.5. The summed E-state index contributed by atoms with van der Waals surface area (Å²) in [7, 11) is 1.45. The fourth-order valence-corrected chi connectivity index (χ4v) is 2.10. The van der Waals surface area contributed by atoms with Gasteiger partial charge in [-0.3, -0.25) is 0 Å². The molecule has 0 amide bonds. The summed E-state index contributed by atoms with van der Waals surface area (Å²) < 4.78 is 10.5. The number of phenolic OH excluding ortho intramolecular Hbond substituents is 1. The van der Waals surface area contributed by atoms with Gasteiger partial charge in [-0.25, -0.2) is 4.79 Å². The molecule has 1 aromatic rings. The van der Waals surface area contributed by atoms with Gasteiger partial charge >= 0.3 is 5.97 Å². The Morgan fingerprint density at radius 3 is 2.68 bits per heavy atom. The van der Waals surface area contributed by atoms with E-state index in [1.54, 1.807) is 12.1 Å². The van der Waals surface area contributed by atoms with Crippen molar-refractivity contribution in [2.45, 2.75) is 32.0 Å². The number of aromatic hydroxyl groups is 1. The summed E-state index contributed by atoms with van der Waals surface area (Å²) in [6, 6.07) is 4.66. The summed E-state index contributed by atoms with van der Waals surface area (Å²) in [5.41, 5.74) is 0.513. The van der Waals surface area contributed by atoms with E-state index < -0.39 is 18.2 Å². The predicted octanol–water partition coefficient (Wildman–Crippen LogP) is 2.26. The number of rotatable bonds is 9. The van der Waals surface area contributed by atoms with Crippen molar-refractivity contribution >= 4 is 5.97 Å². The number of allylic oxidation sites excluding steroid dienone is 1. The Labute approximate surface area is 129 Å². The van der Waals surface area contributed by atoms with Crippen molar-refractivity contribution in [1.82, 2.24) is 0 Å². The largest absolute Gasteiger partial charge is 0.504 e. The lowest BCUT2D eigenvalue weighted by Gasteiger charge is -2.23. The van der Waals surface area contributed by atoms with Gasteiger partial charge in [0.1, 0.15) is 6.10 Å². The zero-order chi connectivity index (χ0) is 16.5. The maximum absolute atomic E-state index is 10.4. The molecule has 1 aromatic carbocycles. The topological polar surface area (TPSA) is 96.2 Å². The molecular formula is C16H22O6. The van der Waals surface area contributed by atoms with Crippen LogP contribution in [0.5, 0.6) is 11.5 Å². The molecule has 6 heteroatoms. The average molecular weight is 310 g/mol. The van der Waals surface area contributed by atoms with Crippen LogP contribution in [0.3, 0.4) is 0 Å². The van der Waals surface area contributed by atoms with Crippen molar-refractivity contribution in [3.63, 3.8) is 0 Å². The number of methoxy groups -OCH3 is 1. The number of phenols is 1. The van der Waals surface area contributed by atoms with Crippen molar-refractivity contribution in [3.05, 3.63) is 35.9 Å². The van der Waals surface area contributed by atoms with Crippen molar-refractivity contribution in [1.29, 1.82) is 0 Å². The Balaban J connectivity index is 2.77. The summed E-state index contributed by atoms with van der Waals surface area (Å²) in [5.74, 6) is -0.734. The first-order chi connectivity index (χ1) is 10.5. The van der Waals surface area contributed by atoms with Crippen LogP contribution in [0.25, 0.3) is 0 Å². The number of carboxylic acids is 1. The van der Waals surface area contributed by atoms with Gasteiger partial charge < -0.3 is 24.8 Å². The van der Waals surface area contributed by atoms with E-state index in [2.05, 4.69) is 0 Å². The summed E-state index contributed by atoms with van der Waals surface area (Å²) in [5, 5.41) is 28.7. The summed E-state index contributed by atoms with van der Waals surface area (Å²) in [4.78, 5) is 10.4. The Bertz CT molecular complexity index is 511. The summed E-state index contributed by atoms with van der Waals surface area (Å²) in [6.07, 6.45) is 2.11. The van der Waals surface area contributed by atoms with Gasteiger partial charge in [0.05, 0.1) is 13.2 Å². The van der Waals surface area contributed by atoms with Gasteiger partial charge in [0.2, 0.25) is 0 Å². The normalized spacial score (nSPS) is 14.0. The van der Waals surface area contributed by atoms with Crippen LogP contribution in [0.1, 0.15) is 31.4 Å². The highest BCUT2D eigenvalue weighted by Crippen LogP contribution is 2.31. The number of hydrogen-bond donors (Lipinski definition) is 3. The summed E-state index contributed by atoms with van der Waals surface area (Å²) in [6.45, 7) is 2.24. The third-order valence-electron chi connectivity index (χ3n) is 3.16. The van der Waals surface area contributed by atoms with Crippen molar-refractivity contribution < 1.29 is 29.6 Å². The van der Waals surface area contributed by atoms with Gasteiger partial charge in [-0.1, -0.05) is 12.1 Å². The molecule has 22 heavy (non-hydrogen) atoms. The zero-order valence-corrected chi connectivity index (χ0v) is 12.7. The lowest BCUT2D eigenvalue weighted by molar-refractivity contribution is -0.131. The second-order valence-electron chi connectivity index (χ2n) is 4.69. The van der Waals surface area contributed by atoms with Gasteiger partial charge in [0.15, 0.2) is 11.5 Å². The van der Waals surface area contributed by atoms with E-state index in [1.165, 1.54) is 19.3 Å². The fourth-order valence-electron chi connectivity index (χ4n) is 2.10. The van der Waals surface area contributed by atoms with Gasteiger partial charge in [-0.15, -0.1) is 0 Å². The zero-order valence-electron chi connectivity index (χ0n) is 12.7. The highest BCUT2D eigenvalue weighted by Gasteiger charge is 2.21. The number of ether oxygens (including phenoxy) is 2. The average Bonchev–Trinajstić information content (AvgIpc) is 2.49. The molecule has 0 aliphatic carbocycles. The maximum atomic E-state index is 10.4. The van der Waals surface area contributed by atoms with Crippen LogP contribution in [-0.4, -0.2) is 41.1 Å². The van der Waals surface area contributed by atoms with Gasteiger partial charge in [0.25, 0.3) is 0 Å². The second-order valence-corrected chi connectivity index (χ2v) is 4.69. The number of aliphatic hydroxyl groups is 1. The number of hydrogen-bond acceptors (Lipinski definition) is 5. The minimum absolute atomic E-state index is 0.0555. The van der Waals surface area contributed by atoms with Crippen molar-refractivity contribution in [2.75, 3.05) is 13.7 Å². The third-order valence-corrected chi connectivity index (χ3v) is 3.16. The maximum Gasteiger partial charge on any atom is 0.327 e. The first kappa shape index (κ1) is 18.0. The van der Waals surface area contributed by atoms with E-state index in [9.17, 15) is 15.0 Å². The lowest BCUT2D eigenvalue weighted by Crippen LogP contribution is -2.22. The van der Waals surface area contributed by atoms with E-state index in [0.717, 1.165) is 6.08 Å². The Hall–Kier alpha value is -2.05. The Kier molecular flexibility index (Phi) is 7.42. The van der Waals surface area contributed by atoms with E-state index >= 15 is 0 Å². The number of carboxylic acid groups (broad SMARTS) is 1. The van der Waals surface area contributed by atoms with Crippen molar-refractivity contribution in [3.8, 4) is 11.5 Å². The molecule has 6 nitrogen and oxygen atoms in total. The minimum atomic E-state index is -1.01. The molecule has 0 aliphatic heterocycles. The lowest BCUT2D eigenvalue weighted by atomic mass is 10.00. The van der Waals surface area contributed by atoms with Gasteiger partial charge in [-0.05, 0) is 37.5 Å². The Morgan fingerprint density at radius 2 is 2.14 bits per heavy atom. The molecule has 3 N–H and O–H groups in total. The number of carbonyl (C=O) groups is 1. The van der Waals surface area contributed by atoms with E-state index in [-0.39, 0.29) is 5.75 Å². The quantitative estimate of drug-likeness (QED) is 0.605. The van der Waals surface area contributed by atoms with Crippen LogP contribution in [0.15, 0.2) is 30.4 Å². The van der Waals surface area contributed by atoms with Crippen LogP contribution in [0.4, 0.5) is 0 Å². The molecule has 122 valence electrons. The Morgan fingerprint density at radius 1 is 1.41 bits per heavy atom.